The molecule has 7 N–H and O–H groups in total. The number of aliphatic imine (C=N–C) groups is 1. The van der Waals surface area contributed by atoms with Crippen LogP contribution in [0.5, 0.6) is 0 Å². The monoisotopic (exact) mass is 242 g/mol. The fraction of sp³-hybridized carbons (Fsp3) is 0.727. The summed E-state index contributed by atoms with van der Waals surface area (Å²) in [6, 6.07) is 0. The van der Waals surface area contributed by atoms with Gasteiger partial charge in [0.25, 0.3) is 0 Å². The molecule has 0 atom stereocenters. The number of hydrogen-bond acceptors (Lipinski definition) is 5. The van der Waals surface area contributed by atoms with E-state index in [0.29, 0.717) is 18.2 Å². The molecular formula is C11H26N6. The van der Waals surface area contributed by atoms with E-state index in [9.17, 15) is 0 Å². The van der Waals surface area contributed by atoms with E-state index in [0.717, 1.165) is 13.1 Å². The third-order valence-electron chi connectivity index (χ3n) is 1.87. The Kier molecular flexibility index (Phi) is 7.32. The molecule has 0 heterocycles. The molecule has 0 bridgehead atoms. The molecule has 0 spiro atoms. The molecular weight excluding hydrogens is 216 g/mol. The summed E-state index contributed by atoms with van der Waals surface area (Å²) in [7, 11) is 1.89. The number of hydrogen-bond donors (Lipinski definition) is 5. The minimum Gasteiger partial charge on any atom is -0.384 e. The fourth-order valence-electron chi connectivity index (χ4n) is 0.988. The highest BCUT2D eigenvalue weighted by atomic mass is 15.3. The topological polar surface area (TPSA) is 100 Å². The zero-order chi connectivity index (χ0) is 13.3. The molecule has 0 aliphatic carbocycles. The van der Waals surface area contributed by atoms with Gasteiger partial charge in [-0.2, -0.15) is 0 Å². The average molecular weight is 242 g/mol. The van der Waals surface area contributed by atoms with Gasteiger partial charge in [0.15, 0.2) is 0 Å². The maximum atomic E-state index is 5.78. The van der Waals surface area contributed by atoms with Crippen LogP contribution in [-0.4, -0.2) is 32.5 Å². The van der Waals surface area contributed by atoms with Gasteiger partial charge in [-0.1, -0.05) is 20.8 Å². The summed E-state index contributed by atoms with van der Waals surface area (Å²) in [6.45, 7) is 8.63. The first-order chi connectivity index (χ1) is 7.89. The fourth-order valence-corrected chi connectivity index (χ4v) is 0.988. The van der Waals surface area contributed by atoms with E-state index in [1.165, 1.54) is 0 Å². The molecule has 17 heavy (non-hydrogen) atoms. The van der Waals surface area contributed by atoms with E-state index < -0.39 is 0 Å². The van der Waals surface area contributed by atoms with Crippen LogP contribution in [0, 0.1) is 5.41 Å². The normalized spacial score (nSPS) is 13.7. The summed E-state index contributed by atoms with van der Waals surface area (Å²) in [6.07, 6.45) is 1.70. The second kappa shape index (κ2) is 7.92. The van der Waals surface area contributed by atoms with E-state index in [1.54, 1.807) is 6.08 Å². The van der Waals surface area contributed by atoms with Gasteiger partial charge in [0.2, 0.25) is 0 Å². The number of amidine groups is 1. The zero-order valence-electron chi connectivity index (χ0n) is 11.3. The summed E-state index contributed by atoms with van der Waals surface area (Å²) in [4.78, 5) is 4.28. The van der Waals surface area contributed by atoms with Crippen LogP contribution in [0.1, 0.15) is 20.8 Å². The standard InChI is InChI=1S/C11H26N6/c1-11(2,3)8-16-9(12)7-10(17-13)15-6-5-14-4/h7,14-15,17H,5-6,8,13H2,1-4H3,(H2,12,16)/b10-7-. The van der Waals surface area contributed by atoms with Crippen molar-refractivity contribution in [3.63, 3.8) is 0 Å². The summed E-state index contributed by atoms with van der Waals surface area (Å²) in [5, 5.41) is 6.13. The first kappa shape index (κ1) is 15.7. The molecule has 6 nitrogen and oxygen atoms in total. The lowest BCUT2D eigenvalue weighted by Gasteiger charge is -2.14. The van der Waals surface area contributed by atoms with Crippen LogP contribution in [-0.2, 0) is 0 Å². The van der Waals surface area contributed by atoms with Gasteiger partial charge >= 0.3 is 0 Å². The molecule has 0 saturated heterocycles. The van der Waals surface area contributed by atoms with Crippen molar-refractivity contribution in [2.45, 2.75) is 20.8 Å². The van der Waals surface area contributed by atoms with Crippen LogP contribution < -0.4 is 27.6 Å². The predicted octanol–water partition coefficient (Wildman–Crippen LogP) is -0.497. The molecule has 100 valence electrons. The Morgan fingerprint density at radius 1 is 1.29 bits per heavy atom. The number of nitrogens with two attached hydrogens (primary N) is 2. The second-order valence-corrected chi connectivity index (χ2v) is 5.03. The lowest BCUT2D eigenvalue weighted by Crippen LogP contribution is -2.36. The molecule has 0 aromatic carbocycles. The van der Waals surface area contributed by atoms with E-state index in [-0.39, 0.29) is 5.41 Å². The van der Waals surface area contributed by atoms with Crippen LogP contribution in [0.15, 0.2) is 16.9 Å². The molecule has 0 unspecified atom stereocenters. The van der Waals surface area contributed by atoms with Gasteiger partial charge in [-0.3, -0.25) is 4.99 Å². The number of nitrogens with one attached hydrogen (secondary N) is 3. The van der Waals surface area contributed by atoms with Gasteiger partial charge in [-0.15, -0.1) is 0 Å². The molecule has 6 heteroatoms. The van der Waals surface area contributed by atoms with Crippen LogP contribution in [0.4, 0.5) is 0 Å². The lowest BCUT2D eigenvalue weighted by atomic mass is 9.97. The Balaban J connectivity index is 4.29. The SMILES string of the molecule is CNCCN/C(=C/C(N)=NCC(C)(C)C)NN. The van der Waals surface area contributed by atoms with E-state index in [1.807, 2.05) is 7.05 Å². The largest absolute Gasteiger partial charge is 0.384 e. The van der Waals surface area contributed by atoms with Gasteiger partial charge in [0.05, 0.1) is 0 Å². The maximum Gasteiger partial charge on any atom is 0.121 e. The summed E-state index contributed by atoms with van der Waals surface area (Å²) >= 11 is 0. The van der Waals surface area contributed by atoms with E-state index >= 15 is 0 Å². The van der Waals surface area contributed by atoms with E-state index in [4.69, 9.17) is 11.6 Å². The summed E-state index contributed by atoms with van der Waals surface area (Å²) in [5.41, 5.74) is 8.47. The number of hydrazine groups is 1. The highest BCUT2D eigenvalue weighted by Gasteiger charge is 2.08. The summed E-state index contributed by atoms with van der Waals surface area (Å²) < 4.78 is 0. The van der Waals surface area contributed by atoms with Crippen molar-refractivity contribution in [3.05, 3.63) is 11.9 Å². The third kappa shape index (κ3) is 9.65. The minimum absolute atomic E-state index is 0.133. The van der Waals surface area contributed by atoms with Gasteiger partial charge < -0.3 is 21.8 Å². The molecule has 0 radical (unpaired) electrons. The number of likely N-dealkylation sites (N-methyl/N-ethyl adjacent to an activating group) is 1. The first-order valence-electron chi connectivity index (χ1n) is 5.76. The summed E-state index contributed by atoms with van der Waals surface area (Å²) in [5.74, 6) is 6.50. The first-order valence-corrected chi connectivity index (χ1v) is 5.76. The van der Waals surface area contributed by atoms with Gasteiger partial charge in [-0.05, 0) is 12.5 Å². The van der Waals surface area contributed by atoms with Crippen molar-refractivity contribution >= 4 is 5.84 Å². The molecule has 0 fully saturated rings. The highest BCUT2D eigenvalue weighted by molar-refractivity contribution is 5.91. The molecule has 0 aromatic rings. The zero-order valence-corrected chi connectivity index (χ0v) is 11.3. The predicted molar refractivity (Wildman–Crippen MR) is 73.3 cm³/mol. The Labute approximate surface area is 104 Å². The number of rotatable bonds is 7. The van der Waals surface area contributed by atoms with E-state index in [2.05, 4.69) is 41.8 Å². The Hall–Kier alpha value is -1.27. The molecule has 0 aliphatic rings. The molecule has 0 amide bonds. The Morgan fingerprint density at radius 2 is 1.94 bits per heavy atom. The highest BCUT2D eigenvalue weighted by Crippen LogP contribution is 2.12. The third-order valence-corrected chi connectivity index (χ3v) is 1.87. The Morgan fingerprint density at radius 3 is 2.41 bits per heavy atom. The Bertz CT molecular complexity index is 264. The second-order valence-electron chi connectivity index (χ2n) is 5.03. The van der Waals surface area contributed by atoms with Crippen molar-refractivity contribution in [2.75, 3.05) is 26.7 Å². The van der Waals surface area contributed by atoms with Crippen molar-refractivity contribution in [1.82, 2.24) is 16.1 Å². The van der Waals surface area contributed by atoms with Crippen LogP contribution in [0.2, 0.25) is 0 Å². The minimum atomic E-state index is 0.133. The van der Waals surface area contributed by atoms with Crippen molar-refractivity contribution in [1.29, 1.82) is 0 Å². The van der Waals surface area contributed by atoms with Crippen molar-refractivity contribution in [2.24, 2.45) is 22.0 Å². The van der Waals surface area contributed by atoms with Gasteiger partial charge in [0, 0.05) is 25.7 Å². The maximum absolute atomic E-state index is 5.78. The molecule has 0 rings (SSSR count). The van der Waals surface area contributed by atoms with Crippen LogP contribution in [0.3, 0.4) is 0 Å². The molecule has 0 aromatic heterocycles. The van der Waals surface area contributed by atoms with Gasteiger partial charge in [-0.25, -0.2) is 5.84 Å². The molecule has 0 aliphatic heterocycles. The van der Waals surface area contributed by atoms with Crippen LogP contribution in [0.25, 0.3) is 0 Å². The van der Waals surface area contributed by atoms with Crippen LogP contribution >= 0.6 is 0 Å². The smallest absolute Gasteiger partial charge is 0.121 e. The van der Waals surface area contributed by atoms with Crippen molar-refractivity contribution < 1.29 is 0 Å². The average Bonchev–Trinajstić information content (AvgIpc) is 2.24. The molecule has 0 saturated carbocycles. The number of nitrogens with zero attached hydrogens (tertiary/aromatic N) is 1. The van der Waals surface area contributed by atoms with Crippen molar-refractivity contribution in [3.8, 4) is 0 Å². The quantitative estimate of drug-likeness (QED) is 0.136. The van der Waals surface area contributed by atoms with Gasteiger partial charge in [0.1, 0.15) is 11.7 Å². The lowest BCUT2D eigenvalue weighted by molar-refractivity contribution is 0.429.